The lowest BCUT2D eigenvalue weighted by molar-refractivity contribution is 0.553. The fraction of sp³-hybridized carbons (Fsp3) is 0.333. The van der Waals surface area contributed by atoms with E-state index in [9.17, 15) is 0 Å². The van der Waals surface area contributed by atoms with Crippen molar-refractivity contribution in [3.8, 4) is 6.19 Å². The number of nitriles is 1. The molecule has 1 aromatic carbocycles. The summed E-state index contributed by atoms with van der Waals surface area (Å²) in [4.78, 5) is 2.20. The zero-order valence-electron chi connectivity index (χ0n) is 8.81. The van der Waals surface area contributed by atoms with E-state index in [2.05, 4.69) is 18.3 Å². The minimum atomic E-state index is 0.644. The van der Waals surface area contributed by atoms with Gasteiger partial charge >= 0.3 is 0 Å². The van der Waals surface area contributed by atoms with E-state index in [0.29, 0.717) is 11.5 Å². The zero-order valence-corrected chi connectivity index (χ0v) is 9.63. The molecule has 0 fully saturated rings. The van der Waals surface area contributed by atoms with Gasteiger partial charge in [0.05, 0.1) is 4.99 Å². The van der Waals surface area contributed by atoms with Crippen molar-refractivity contribution in [3.05, 3.63) is 35.9 Å². The Balaban J connectivity index is 2.34. The summed E-state index contributed by atoms with van der Waals surface area (Å²) in [6, 6.07) is 10.3. The van der Waals surface area contributed by atoms with E-state index in [-0.39, 0.29) is 0 Å². The highest BCUT2D eigenvalue weighted by Crippen LogP contribution is 2.03. The lowest BCUT2D eigenvalue weighted by atomic mass is 10.1. The molecular formula is C12H14N2S. The quantitative estimate of drug-likeness (QED) is 0.442. The van der Waals surface area contributed by atoms with Crippen LogP contribution in [0.2, 0.25) is 0 Å². The first kappa shape index (κ1) is 11.7. The second-order valence-electron chi connectivity index (χ2n) is 3.36. The van der Waals surface area contributed by atoms with Gasteiger partial charge in [-0.1, -0.05) is 42.5 Å². The fourth-order valence-electron chi connectivity index (χ4n) is 1.36. The van der Waals surface area contributed by atoms with Gasteiger partial charge in [0, 0.05) is 6.54 Å². The smallest absolute Gasteiger partial charge is 0.184 e. The summed E-state index contributed by atoms with van der Waals surface area (Å²) in [7, 11) is 0. The van der Waals surface area contributed by atoms with Crippen LogP contribution in [0.4, 0.5) is 0 Å². The highest BCUT2D eigenvalue weighted by molar-refractivity contribution is 7.80. The predicted molar refractivity (Wildman–Crippen MR) is 65.4 cm³/mol. The fourth-order valence-corrected chi connectivity index (χ4v) is 1.50. The molecule has 2 nitrogen and oxygen atoms in total. The van der Waals surface area contributed by atoms with E-state index in [0.717, 1.165) is 12.8 Å². The Morgan fingerprint density at radius 1 is 1.40 bits per heavy atom. The maximum atomic E-state index is 8.78. The highest BCUT2D eigenvalue weighted by Gasteiger charge is 2.02. The Labute approximate surface area is 96.1 Å². The van der Waals surface area contributed by atoms with Gasteiger partial charge in [-0.25, -0.2) is 0 Å². The van der Waals surface area contributed by atoms with Gasteiger partial charge in [0.2, 0.25) is 0 Å². The molecule has 0 aromatic heterocycles. The molecule has 0 spiro atoms. The molecule has 0 saturated heterocycles. The van der Waals surface area contributed by atoms with Crippen molar-refractivity contribution in [2.24, 2.45) is 0 Å². The van der Waals surface area contributed by atoms with Crippen molar-refractivity contribution in [2.45, 2.75) is 19.8 Å². The maximum Gasteiger partial charge on any atom is 0.184 e. The molecule has 3 heteroatoms. The van der Waals surface area contributed by atoms with E-state index in [1.807, 2.05) is 18.2 Å². The lowest BCUT2D eigenvalue weighted by Crippen LogP contribution is -2.23. The topological polar surface area (TPSA) is 27.0 Å². The van der Waals surface area contributed by atoms with Crippen molar-refractivity contribution >= 4 is 17.2 Å². The van der Waals surface area contributed by atoms with Gasteiger partial charge in [0.1, 0.15) is 0 Å². The summed E-state index contributed by atoms with van der Waals surface area (Å²) in [6.07, 6.45) is 4.02. The molecule has 0 unspecified atom stereocenters. The summed E-state index contributed by atoms with van der Waals surface area (Å²) in [5.74, 6) is 0. The second-order valence-corrected chi connectivity index (χ2v) is 3.95. The van der Waals surface area contributed by atoms with E-state index in [1.165, 1.54) is 5.56 Å². The number of aryl methyl sites for hydroxylation is 1. The number of nitrogens with zero attached hydrogens (tertiary/aromatic N) is 2. The molecular weight excluding hydrogens is 204 g/mol. The summed E-state index contributed by atoms with van der Waals surface area (Å²) >= 11 is 4.95. The van der Waals surface area contributed by atoms with Gasteiger partial charge in [-0.2, -0.15) is 5.26 Å². The first-order valence-electron chi connectivity index (χ1n) is 4.96. The first-order valence-corrected chi connectivity index (χ1v) is 5.36. The number of rotatable bonds is 4. The minimum Gasteiger partial charge on any atom is -0.274 e. The van der Waals surface area contributed by atoms with Gasteiger partial charge in [-0.05, 0) is 25.3 Å². The van der Waals surface area contributed by atoms with E-state index >= 15 is 0 Å². The Bertz CT molecular complexity index is 354. The predicted octanol–water partition coefficient (Wildman–Crippen LogP) is 2.75. The summed E-state index contributed by atoms with van der Waals surface area (Å²) < 4.78 is 0. The summed E-state index contributed by atoms with van der Waals surface area (Å²) in [5.41, 5.74) is 1.30. The molecule has 1 rings (SSSR count). The van der Waals surface area contributed by atoms with Crippen molar-refractivity contribution < 1.29 is 0 Å². The minimum absolute atomic E-state index is 0.644. The Morgan fingerprint density at radius 2 is 2.07 bits per heavy atom. The van der Waals surface area contributed by atoms with Gasteiger partial charge < -0.3 is 0 Å². The molecule has 0 bridgehead atoms. The molecule has 78 valence electrons. The summed E-state index contributed by atoms with van der Waals surface area (Å²) in [5, 5.41) is 8.78. The average molecular weight is 218 g/mol. The number of hydrogen-bond acceptors (Lipinski definition) is 2. The summed E-state index contributed by atoms with van der Waals surface area (Å²) in [6.45, 7) is 2.49. The SMILES string of the molecule is CC(=S)N(C#N)CCCc1ccccc1. The van der Waals surface area contributed by atoms with Crippen LogP contribution in [0.3, 0.4) is 0 Å². The third kappa shape index (κ3) is 4.09. The van der Waals surface area contributed by atoms with Crippen molar-refractivity contribution in [3.63, 3.8) is 0 Å². The van der Waals surface area contributed by atoms with E-state index in [1.54, 1.807) is 11.8 Å². The van der Waals surface area contributed by atoms with Crippen molar-refractivity contribution in [1.82, 2.24) is 4.90 Å². The van der Waals surface area contributed by atoms with Gasteiger partial charge in [-0.15, -0.1) is 0 Å². The monoisotopic (exact) mass is 218 g/mol. The first-order chi connectivity index (χ1) is 7.24. The molecule has 0 aliphatic heterocycles. The standard InChI is InChI=1S/C12H14N2S/c1-11(15)14(10-13)9-5-8-12-6-3-2-4-7-12/h2-4,6-7H,5,8-9H2,1H3. The van der Waals surface area contributed by atoms with Crippen LogP contribution in [0.5, 0.6) is 0 Å². The van der Waals surface area contributed by atoms with E-state index in [4.69, 9.17) is 17.5 Å². The van der Waals surface area contributed by atoms with Crippen molar-refractivity contribution in [1.29, 1.82) is 5.26 Å². The van der Waals surface area contributed by atoms with Gasteiger partial charge in [-0.3, -0.25) is 4.90 Å². The van der Waals surface area contributed by atoms with Crippen LogP contribution in [-0.2, 0) is 6.42 Å². The zero-order chi connectivity index (χ0) is 11.1. The van der Waals surface area contributed by atoms with Gasteiger partial charge in [0.15, 0.2) is 6.19 Å². The van der Waals surface area contributed by atoms with Crippen LogP contribution in [0.15, 0.2) is 30.3 Å². The molecule has 0 heterocycles. The molecule has 0 amide bonds. The van der Waals surface area contributed by atoms with Crippen LogP contribution < -0.4 is 0 Å². The maximum absolute atomic E-state index is 8.78. The van der Waals surface area contributed by atoms with E-state index < -0.39 is 0 Å². The Hall–Kier alpha value is -1.40. The van der Waals surface area contributed by atoms with Crippen LogP contribution in [0.1, 0.15) is 18.9 Å². The molecule has 0 aliphatic carbocycles. The molecule has 15 heavy (non-hydrogen) atoms. The van der Waals surface area contributed by atoms with Crippen LogP contribution in [0.25, 0.3) is 0 Å². The number of thiocarbonyl (C=S) groups is 1. The Morgan fingerprint density at radius 3 is 2.60 bits per heavy atom. The van der Waals surface area contributed by atoms with Crippen LogP contribution in [-0.4, -0.2) is 16.4 Å². The van der Waals surface area contributed by atoms with Crippen LogP contribution in [0, 0.1) is 11.5 Å². The molecule has 0 atom stereocenters. The normalized spacial score (nSPS) is 9.33. The molecule has 0 aliphatic rings. The van der Waals surface area contributed by atoms with Gasteiger partial charge in [0.25, 0.3) is 0 Å². The Kier molecular flexibility index (Phi) is 4.79. The largest absolute Gasteiger partial charge is 0.274 e. The third-order valence-corrected chi connectivity index (χ3v) is 2.41. The van der Waals surface area contributed by atoms with Crippen LogP contribution >= 0.6 is 12.2 Å². The molecule has 0 saturated carbocycles. The number of hydrogen-bond donors (Lipinski definition) is 0. The second kappa shape index (κ2) is 6.15. The molecule has 0 N–H and O–H groups in total. The third-order valence-electron chi connectivity index (χ3n) is 2.19. The highest BCUT2D eigenvalue weighted by atomic mass is 32.1. The van der Waals surface area contributed by atoms with Crippen molar-refractivity contribution in [2.75, 3.05) is 6.54 Å². The average Bonchev–Trinajstić information content (AvgIpc) is 2.25. The lowest BCUT2D eigenvalue weighted by Gasteiger charge is -2.12. The molecule has 0 radical (unpaired) electrons. The molecule has 1 aromatic rings. The number of benzene rings is 1.